The molecule has 4 rings (SSSR count). The van der Waals surface area contributed by atoms with Crippen molar-refractivity contribution in [3.8, 4) is 0 Å². The van der Waals surface area contributed by atoms with Gasteiger partial charge in [0.2, 0.25) is 4.96 Å². The first kappa shape index (κ1) is 17.7. The summed E-state index contributed by atoms with van der Waals surface area (Å²) in [4.78, 5) is 39.7. The van der Waals surface area contributed by atoms with Crippen LogP contribution in [0.15, 0.2) is 64.2 Å². The van der Waals surface area contributed by atoms with E-state index in [2.05, 4.69) is 10.1 Å². The van der Waals surface area contributed by atoms with Gasteiger partial charge in [-0.2, -0.15) is 14.6 Å². The predicted molar refractivity (Wildman–Crippen MR) is 105 cm³/mol. The van der Waals surface area contributed by atoms with Crippen LogP contribution in [-0.4, -0.2) is 19.5 Å². The first-order valence-corrected chi connectivity index (χ1v) is 9.06. The first-order chi connectivity index (χ1) is 13.5. The second-order valence-electron chi connectivity index (χ2n) is 5.95. The van der Waals surface area contributed by atoms with Crippen molar-refractivity contribution in [1.29, 1.82) is 0 Å². The highest BCUT2D eigenvalue weighted by atomic mass is 32.1. The Kier molecular flexibility index (Phi) is 4.50. The Bertz CT molecular complexity index is 1360. The third-order valence-electron chi connectivity index (χ3n) is 4.08. The molecule has 138 valence electrons. The van der Waals surface area contributed by atoms with Crippen molar-refractivity contribution >= 4 is 28.1 Å². The largest absolute Gasteiger partial charge is 0.296 e. The number of nitrogens with zero attached hydrogens (tertiary/aromatic N) is 4. The molecule has 0 N–H and O–H groups in total. The van der Waals surface area contributed by atoms with Gasteiger partial charge in [-0.05, 0) is 17.7 Å². The standard InChI is InChI=1S/C19H12N4O4S/c24-17-14(10-12-6-2-1-3-7-12)21-22-18(25)16(28-19(22)20-17)11-13-8-4-5-9-15(13)23(26)27/h1-9,11H,10H2. The van der Waals surface area contributed by atoms with Crippen molar-refractivity contribution in [2.75, 3.05) is 0 Å². The second kappa shape index (κ2) is 7.12. The number of fused-ring (bicyclic) bond motifs is 1. The quantitative estimate of drug-likeness (QED) is 0.385. The molecule has 0 aliphatic rings. The average molecular weight is 392 g/mol. The smallest absolute Gasteiger partial charge is 0.266 e. The van der Waals surface area contributed by atoms with Crippen LogP contribution in [0.3, 0.4) is 0 Å². The fraction of sp³-hybridized carbons (Fsp3) is 0.0526. The molecule has 0 unspecified atom stereocenters. The molecule has 0 bridgehead atoms. The number of benzene rings is 2. The Balaban J connectivity index is 1.85. The summed E-state index contributed by atoms with van der Waals surface area (Å²) in [5.41, 5.74) is 0.254. The van der Waals surface area contributed by atoms with Crippen LogP contribution in [0.4, 0.5) is 5.69 Å². The zero-order chi connectivity index (χ0) is 19.7. The summed E-state index contributed by atoms with van der Waals surface area (Å²) in [6, 6.07) is 15.4. The molecule has 0 aliphatic carbocycles. The van der Waals surface area contributed by atoms with E-state index in [0.717, 1.165) is 21.4 Å². The minimum Gasteiger partial charge on any atom is -0.266 e. The molecule has 0 radical (unpaired) electrons. The lowest BCUT2D eigenvalue weighted by atomic mass is 10.1. The minimum absolute atomic E-state index is 0.112. The maximum atomic E-state index is 12.7. The Morgan fingerprint density at radius 1 is 1.07 bits per heavy atom. The Morgan fingerprint density at radius 3 is 2.54 bits per heavy atom. The Hall–Kier alpha value is -3.72. The van der Waals surface area contributed by atoms with Gasteiger partial charge in [0.15, 0.2) is 0 Å². The average Bonchev–Trinajstić information content (AvgIpc) is 2.98. The third kappa shape index (κ3) is 3.30. The van der Waals surface area contributed by atoms with Crippen molar-refractivity contribution in [2.45, 2.75) is 6.42 Å². The molecule has 0 fully saturated rings. The van der Waals surface area contributed by atoms with E-state index in [1.54, 1.807) is 18.2 Å². The fourth-order valence-electron chi connectivity index (χ4n) is 2.76. The fourth-order valence-corrected chi connectivity index (χ4v) is 3.65. The van der Waals surface area contributed by atoms with Crippen LogP contribution in [0, 0.1) is 10.1 Å². The molecule has 0 spiro atoms. The summed E-state index contributed by atoms with van der Waals surface area (Å²) in [5.74, 6) is 0. The zero-order valence-corrected chi connectivity index (χ0v) is 15.1. The van der Waals surface area contributed by atoms with Crippen LogP contribution >= 0.6 is 11.3 Å². The summed E-state index contributed by atoms with van der Waals surface area (Å²) < 4.78 is 1.29. The number of thiazole rings is 1. The van der Waals surface area contributed by atoms with Gasteiger partial charge in [0.25, 0.3) is 16.8 Å². The van der Waals surface area contributed by atoms with Crippen molar-refractivity contribution in [3.63, 3.8) is 0 Å². The molecule has 8 nitrogen and oxygen atoms in total. The topological polar surface area (TPSA) is 107 Å². The second-order valence-corrected chi connectivity index (χ2v) is 6.96. The van der Waals surface area contributed by atoms with Crippen LogP contribution in [0.2, 0.25) is 0 Å². The van der Waals surface area contributed by atoms with Gasteiger partial charge in [-0.25, -0.2) is 0 Å². The highest BCUT2D eigenvalue weighted by Crippen LogP contribution is 2.18. The Labute approximate surface area is 161 Å². The van der Waals surface area contributed by atoms with Crippen molar-refractivity contribution < 1.29 is 4.92 Å². The van der Waals surface area contributed by atoms with E-state index in [0.29, 0.717) is 5.56 Å². The number of rotatable bonds is 4. The highest BCUT2D eigenvalue weighted by molar-refractivity contribution is 7.15. The minimum atomic E-state index is -0.513. The predicted octanol–water partition coefficient (Wildman–Crippen LogP) is 1.56. The molecular weight excluding hydrogens is 380 g/mol. The van der Waals surface area contributed by atoms with Gasteiger partial charge in [0, 0.05) is 12.5 Å². The van der Waals surface area contributed by atoms with Gasteiger partial charge >= 0.3 is 0 Å². The van der Waals surface area contributed by atoms with Crippen LogP contribution in [0.5, 0.6) is 0 Å². The van der Waals surface area contributed by atoms with E-state index in [9.17, 15) is 19.7 Å². The lowest BCUT2D eigenvalue weighted by molar-refractivity contribution is -0.385. The maximum Gasteiger partial charge on any atom is 0.296 e. The highest BCUT2D eigenvalue weighted by Gasteiger charge is 2.14. The number of para-hydroxylation sites is 1. The summed E-state index contributed by atoms with van der Waals surface area (Å²) in [6.45, 7) is 0. The molecule has 28 heavy (non-hydrogen) atoms. The SMILES string of the molecule is O=c1nc2sc(=Cc3ccccc3[N+](=O)[O-])c(=O)n2nc1Cc1ccccc1. The molecule has 0 amide bonds. The van der Waals surface area contributed by atoms with Gasteiger partial charge in [-0.3, -0.25) is 19.7 Å². The third-order valence-corrected chi connectivity index (χ3v) is 5.04. The summed E-state index contributed by atoms with van der Waals surface area (Å²) in [5, 5.41) is 15.3. The molecule has 9 heteroatoms. The molecule has 2 heterocycles. The number of nitro groups is 1. The van der Waals surface area contributed by atoms with Gasteiger partial charge < -0.3 is 0 Å². The van der Waals surface area contributed by atoms with Crippen LogP contribution in [0.1, 0.15) is 16.8 Å². The van der Waals surface area contributed by atoms with Gasteiger partial charge in [0.05, 0.1) is 15.0 Å². The van der Waals surface area contributed by atoms with E-state index in [4.69, 9.17) is 0 Å². The van der Waals surface area contributed by atoms with E-state index in [1.807, 2.05) is 30.3 Å². The van der Waals surface area contributed by atoms with Crippen LogP contribution < -0.4 is 15.7 Å². The molecule has 2 aromatic heterocycles. The molecule has 0 saturated carbocycles. The lowest BCUT2D eigenvalue weighted by Crippen LogP contribution is -2.28. The van der Waals surface area contributed by atoms with Crippen molar-refractivity contribution in [2.24, 2.45) is 0 Å². The van der Waals surface area contributed by atoms with E-state index in [1.165, 1.54) is 12.1 Å². The molecule has 0 aliphatic heterocycles. The first-order valence-electron chi connectivity index (χ1n) is 8.25. The van der Waals surface area contributed by atoms with Crippen molar-refractivity contribution in [3.05, 3.63) is 107 Å². The lowest BCUT2D eigenvalue weighted by Gasteiger charge is -1.99. The molecule has 4 aromatic rings. The number of hydrogen-bond acceptors (Lipinski definition) is 7. The number of nitro benzene ring substituents is 1. The van der Waals surface area contributed by atoms with Crippen molar-refractivity contribution in [1.82, 2.24) is 14.6 Å². The monoisotopic (exact) mass is 392 g/mol. The molecular formula is C19H12N4O4S. The van der Waals surface area contributed by atoms with Gasteiger partial charge in [-0.15, -0.1) is 0 Å². The maximum absolute atomic E-state index is 12.7. The van der Waals surface area contributed by atoms with Gasteiger partial charge in [-0.1, -0.05) is 53.8 Å². The summed E-state index contributed by atoms with van der Waals surface area (Å²) in [6.07, 6.45) is 1.68. The number of aromatic nitrogens is 3. The van der Waals surface area contributed by atoms with E-state index >= 15 is 0 Å². The van der Waals surface area contributed by atoms with Crippen LogP contribution in [0.25, 0.3) is 11.0 Å². The molecule has 0 atom stereocenters. The van der Waals surface area contributed by atoms with E-state index in [-0.39, 0.29) is 27.3 Å². The number of hydrogen-bond donors (Lipinski definition) is 0. The zero-order valence-electron chi connectivity index (χ0n) is 14.3. The van der Waals surface area contributed by atoms with Gasteiger partial charge in [0.1, 0.15) is 5.69 Å². The molecule has 2 aromatic carbocycles. The Morgan fingerprint density at radius 2 is 1.79 bits per heavy atom. The summed E-state index contributed by atoms with van der Waals surface area (Å²) in [7, 11) is 0. The van der Waals surface area contributed by atoms with E-state index < -0.39 is 16.0 Å². The molecule has 0 saturated heterocycles. The summed E-state index contributed by atoms with van der Waals surface area (Å²) >= 11 is 0.967. The van der Waals surface area contributed by atoms with Crippen LogP contribution in [-0.2, 0) is 6.42 Å². The normalized spacial score (nSPS) is 11.8.